The summed E-state index contributed by atoms with van der Waals surface area (Å²) in [5.41, 5.74) is 0. The first-order chi connectivity index (χ1) is 7.58. The summed E-state index contributed by atoms with van der Waals surface area (Å²) in [6.07, 6.45) is 5.17. The molecule has 0 bridgehead atoms. The van der Waals surface area contributed by atoms with Crippen molar-refractivity contribution in [3.63, 3.8) is 0 Å². The molecule has 1 aliphatic heterocycles. The van der Waals surface area contributed by atoms with Crippen LogP contribution in [0.2, 0.25) is 0 Å². The van der Waals surface area contributed by atoms with Crippen molar-refractivity contribution in [1.29, 1.82) is 0 Å². The molecule has 0 aromatic rings. The van der Waals surface area contributed by atoms with Gasteiger partial charge in [-0.3, -0.25) is 10.1 Å². The van der Waals surface area contributed by atoms with E-state index < -0.39 is 0 Å². The summed E-state index contributed by atoms with van der Waals surface area (Å²) < 4.78 is 0. The third-order valence-corrected chi connectivity index (χ3v) is 3.88. The summed E-state index contributed by atoms with van der Waals surface area (Å²) in [6, 6.07) is 0.0649. The lowest BCUT2D eigenvalue weighted by atomic mass is 9.85. The van der Waals surface area contributed by atoms with Gasteiger partial charge in [0.05, 0.1) is 12.2 Å². The van der Waals surface area contributed by atoms with Crippen LogP contribution in [0.1, 0.15) is 46.5 Å². The van der Waals surface area contributed by atoms with Gasteiger partial charge in [-0.15, -0.1) is 0 Å². The van der Waals surface area contributed by atoms with Gasteiger partial charge in [-0.1, -0.05) is 20.3 Å². The zero-order valence-electron chi connectivity index (χ0n) is 10.7. The first-order valence-electron chi connectivity index (χ1n) is 6.64. The van der Waals surface area contributed by atoms with E-state index in [0.29, 0.717) is 11.8 Å². The first-order valence-corrected chi connectivity index (χ1v) is 6.64. The van der Waals surface area contributed by atoms with Crippen molar-refractivity contribution in [2.24, 2.45) is 11.8 Å². The highest BCUT2D eigenvalue weighted by Gasteiger charge is 2.38. The number of rotatable bonds is 4. The van der Waals surface area contributed by atoms with Gasteiger partial charge in [0, 0.05) is 6.54 Å². The first kappa shape index (κ1) is 11.9. The predicted molar refractivity (Wildman–Crippen MR) is 64.9 cm³/mol. The highest BCUT2D eigenvalue weighted by atomic mass is 16.2. The summed E-state index contributed by atoms with van der Waals surface area (Å²) in [5.74, 6) is 1.68. The monoisotopic (exact) mass is 224 g/mol. The van der Waals surface area contributed by atoms with Crippen molar-refractivity contribution in [2.75, 3.05) is 6.54 Å². The number of carbonyl (C=O) groups excluding carboxylic acids is 1. The minimum absolute atomic E-state index is 0.0649. The fourth-order valence-electron chi connectivity index (χ4n) is 2.69. The van der Waals surface area contributed by atoms with E-state index in [9.17, 15) is 4.79 Å². The van der Waals surface area contributed by atoms with Crippen molar-refractivity contribution in [2.45, 2.75) is 58.7 Å². The second-order valence-electron chi connectivity index (χ2n) is 5.81. The van der Waals surface area contributed by atoms with Gasteiger partial charge in [-0.25, -0.2) is 0 Å². The van der Waals surface area contributed by atoms with Crippen LogP contribution in [0.4, 0.5) is 0 Å². The van der Waals surface area contributed by atoms with Crippen LogP contribution in [-0.2, 0) is 4.79 Å². The molecule has 0 aromatic carbocycles. The lowest BCUT2D eigenvalue weighted by Gasteiger charge is -2.31. The molecule has 1 amide bonds. The Morgan fingerprint density at radius 2 is 2.12 bits per heavy atom. The van der Waals surface area contributed by atoms with Gasteiger partial charge in [0.15, 0.2) is 0 Å². The Morgan fingerprint density at radius 1 is 1.44 bits per heavy atom. The molecule has 92 valence electrons. The van der Waals surface area contributed by atoms with Gasteiger partial charge in [-0.05, 0) is 38.0 Å². The fourth-order valence-corrected chi connectivity index (χ4v) is 2.69. The molecule has 3 nitrogen and oxygen atoms in total. The van der Waals surface area contributed by atoms with E-state index in [2.05, 4.69) is 31.0 Å². The number of nitrogens with one attached hydrogen (secondary N) is 1. The van der Waals surface area contributed by atoms with Crippen molar-refractivity contribution in [3.05, 3.63) is 0 Å². The standard InChI is InChI=1S/C13H24N2O/c1-9(2)7-12-13(16)15(10(3)14-12)8-11-5-4-6-11/h9-12,14H,4-8H2,1-3H3. The third-order valence-electron chi connectivity index (χ3n) is 3.88. The molecular weight excluding hydrogens is 200 g/mol. The topological polar surface area (TPSA) is 32.3 Å². The molecule has 2 atom stereocenters. The molecule has 1 N–H and O–H groups in total. The van der Waals surface area contributed by atoms with Crippen LogP contribution in [-0.4, -0.2) is 29.6 Å². The average Bonchev–Trinajstić information content (AvgIpc) is 2.36. The predicted octanol–water partition coefficient (Wildman–Crippen LogP) is 1.98. The van der Waals surface area contributed by atoms with Gasteiger partial charge in [0.25, 0.3) is 0 Å². The molecule has 2 fully saturated rings. The summed E-state index contributed by atoms with van der Waals surface area (Å²) >= 11 is 0. The van der Waals surface area contributed by atoms with Crippen molar-refractivity contribution in [3.8, 4) is 0 Å². The van der Waals surface area contributed by atoms with Crippen molar-refractivity contribution in [1.82, 2.24) is 10.2 Å². The number of nitrogens with zero attached hydrogens (tertiary/aromatic N) is 1. The Hall–Kier alpha value is -0.570. The molecule has 1 saturated heterocycles. The van der Waals surface area contributed by atoms with Gasteiger partial charge in [0.1, 0.15) is 0 Å². The minimum atomic E-state index is 0.0649. The molecule has 2 aliphatic rings. The minimum Gasteiger partial charge on any atom is -0.326 e. The van der Waals surface area contributed by atoms with E-state index in [-0.39, 0.29) is 12.2 Å². The Labute approximate surface area is 98.6 Å². The normalized spacial score (nSPS) is 31.2. The molecule has 0 radical (unpaired) electrons. The molecule has 2 unspecified atom stereocenters. The lowest BCUT2D eigenvalue weighted by molar-refractivity contribution is -0.131. The maximum atomic E-state index is 12.2. The van der Waals surface area contributed by atoms with Crippen LogP contribution in [0.25, 0.3) is 0 Å². The number of hydrogen-bond donors (Lipinski definition) is 1. The van der Waals surface area contributed by atoms with Gasteiger partial charge < -0.3 is 4.90 Å². The highest BCUT2D eigenvalue weighted by molar-refractivity contribution is 5.84. The van der Waals surface area contributed by atoms with E-state index in [1.165, 1.54) is 19.3 Å². The molecule has 3 heteroatoms. The Morgan fingerprint density at radius 3 is 2.62 bits per heavy atom. The van der Waals surface area contributed by atoms with Gasteiger partial charge in [0.2, 0.25) is 5.91 Å². The highest BCUT2D eigenvalue weighted by Crippen LogP contribution is 2.29. The molecule has 0 aromatic heterocycles. The molecule has 1 aliphatic carbocycles. The van der Waals surface area contributed by atoms with Crippen LogP contribution >= 0.6 is 0 Å². The molecule has 16 heavy (non-hydrogen) atoms. The fraction of sp³-hybridized carbons (Fsp3) is 0.923. The Bertz CT molecular complexity index is 261. The van der Waals surface area contributed by atoms with E-state index in [4.69, 9.17) is 0 Å². The molecule has 0 spiro atoms. The number of amides is 1. The van der Waals surface area contributed by atoms with Gasteiger partial charge in [-0.2, -0.15) is 0 Å². The quantitative estimate of drug-likeness (QED) is 0.792. The van der Waals surface area contributed by atoms with Crippen molar-refractivity contribution < 1.29 is 4.79 Å². The Balaban J connectivity index is 1.90. The summed E-state index contributed by atoms with van der Waals surface area (Å²) in [4.78, 5) is 14.2. The lowest BCUT2D eigenvalue weighted by Crippen LogP contribution is -2.40. The van der Waals surface area contributed by atoms with Crippen LogP contribution in [0.5, 0.6) is 0 Å². The summed E-state index contributed by atoms with van der Waals surface area (Å²) in [7, 11) is 0. The van der Waals surface area contributed by atoms with E-state index in [0.717, 1.165) is 18.9 Å². The zero-order chi connectivity index (χ0) is 11.7. The third kappa shape index (κ3) is 2.40. The van der Waals surface area contributed by atoms with E-state index in [1.807, 2.05) is 0 Å². The van der Waals surface area contributed by atoms with Crippen LogP contribution < -0.4 is 5.32 Å². The Kier molecular flexibility index (Phi) is 3.53. The molecule has 1 saturated carbocycles. The van der Waals surface area contributed by atoms with E-state index >= 15 is 0 Å². The largest absolute Gasteiger partial charge is 0.326 e. The maximum Gasteiger partial charge on any atom is 0.241 e. The number of carbonyl (C=O) groups is 1. The molecule has 2 rings (SSSR count). The molecule has 1 heterocycles. The number of hydrogen-bond acceptors (Lipinski definition) is 2. The second kappa shape index (κ2) is 4.74. The second-order valence-corrected chi connectivity index (χ2v) is 5.81. The van der Waals surface area contributed by atoms with Crippen LogP contribution in [0.15, 0.2) is 0 Å². The van der Waals surface area contributed by atoms with E-state index in [1.54, 1.807) is 0 Å². The average molecular weight is 224 g/mol. The SMILES string of the molecule is CC(C)CC1NC(C)N(CC2CCC2)C1=O. The maximum absolute atomic E-state index is 12.2. The zero-order valence-corrected chi connectivity index (χ0v) is 10.7. The van der Waals surface area contributed by atoms with Crippen molar-refractivity contribution >= 4 is 5.91 Å². The smallest absolute Gasteiger partial charge is 0.241 e. The summed E-state index contributed by atoms with van der Waals surface area (Å²) in [5, 5.41) is 3.41. The molecular formula is C13H24N2O. The van der Waals surface area contributed by atoms with Crippen LogP contribution in [0.3, 0.4) is 0 Å². The summed E-state index contributed by atoms with van der Waals surface area (Å²) in [6.45, 7) is 7.43. The van der Waals surface area contributed by atoms with Gasteiger partial charge >= 0.3 is 0 Å². The van der Waals surface area contributed by atoms with Crippen LogP contribution in [0, 0.1) is 11.8 Å².